The van der Waals surface area contributed by atoms with E-state index in [-0.39, 0.29) is 6.61 Å². The number of rotatable bonds is 15. The standard InChI is InChI=1S/C29H44N2OS/c1-24(2)11-8-12-25(3)13-9-17-28(23-32)18-10-14-26(4)19-21-30-29(33)31-22-20-27-15-6-5-7-16-27/h5-7,11,13,15-16,18-19,32H,8-10,12,14,17,20-23H2,1-4H3,(H2,30,31,33)/b25-13+,26-19+,28-18-. The van der Waals surface area contributed by atoms with Crippen molar-refractivity contribution in [1.29, 1.82) is 0 Å². The Morgan fingerprint density at radius 2 is 1.45 bits per heavy atom. The Kier molecular flexibility index (Phi) is 16.0. The minimum Gasteiger partial charge on any atom is -0.392 e. The van der Waals surface area contributed by atoms with Gasteiger partial charge in [0.15, 0.2) is 5.11 Å². The van der Waals surface area contributed by atoms with Gasteiger partial charge in [0, 0.05) is 13.1 Å². The molecule has 3 nitrogen and oxygen atoms in total. The Morgan fingerprint density at radius 3 is 2.12 bits per heavy atom. The second-order valence-corrected chi connectivity index (χ2v) is 9.30. The van der Waals surface area contributed by atoms with E-state index in [9.17, 15) is 5.11 Å². The Balaban J connectivity index is 2.22. The lowest BCUT2D eigenvalue weighted by molar-refractivity contribution is 0.326. The Hall–Kier alpha value is -2.17. The fourth-order valence-electron chi connectivity index (χ4n) is 3.39. The molecule has 0 atom stereocenters. The second-order valence-electron chi connectivity index (χ2n) is 8.89. The molecule has 0 aliphatic carbocycles. The summed E-state index contributed by atoms with van der Waals surface area (Å²) in [7, 11) is 0. The van der Waals surface area contributed by atoms with Gasteiger partial charge < -0.3 is 15.7 Å². The zero-order valence-electron chi connectivity index (χ0n) is 21.1. The smallest absolute Gasteiger partial charge is 0.166 e. The zero-order chi connectivity index (χ0) is 24.3. The van der Waals surface area contributed by atoms with Gasteiger partial charge in [0.2, 0.25) is 0 Å². The highest BCUT2D eigenvalue weighted by molar-refractivity contribution is 7.80. The van der Waals surface area contributed by atoms with Crippen LogP contribution in [0.4, 0.5) is 0 Å². The summed E-state index contributed by atoms with van der Waals surface area (Å²) >= 11 is 5.36. The monoisotopic (exact) mass is 468 g/mol. The summed E-state index contributed by atoms with van der Waals surface area (Å²) in [6.07, 6.45) is 16.1. The van der Waals surface area contributed by atoms with Gasteiger partial charge in [-0.15, -0.1) is 0 Å². The first-order valence-electron chi connectivity index (χ1n) is 12.2. The molecule has 0 spiro atoms. The van der Waals surface area contributed by atoms with E-state index in [0.29, 0.717) is 5.11 Å². The number of hydrogen-bond donors (Lipinski definition) is 3. The van der Waals surface area contributed by atoms with Gasteiger partial charge in [0.05, 0.1) is 6.61 Å². The van der Waals surface area contributed by atoms with Gasteiger partial charge in [0.1, 0.15) is 0 Å². The first-order valence-corrected chi connectivity index (χ1v) is 12.6. The molecule has 0 unspecified atom stereocenters. The van der Waals surface area contributed by atoms with Crippen LogP contribution in [0.2, 0.25) is 0 Å². The average Bonchev–Trinajstić information content (AvgIpc) is 2.78. The molecule has 0 fully saturated rings. The van der Waals surface area contributed by atoms with Crippen LogP contribution in [0.25, 0.3) is 0 Å². The van der Waals surface area contributed by atoms with Crippen LogP contribution in [0.1, 0.15) is 71.8 Å². The van der Waals surface area contributed by atoms with Crippen molar-refractivity contribution in [2.24, 2.45) is 0 Å². The van der Waals surface area contributed by atoms with Crippen molar-refractivity contribution in [3.63, 3.8) is 0 Å². The van der Waals surface area contributed by atoms with Crippen LogP contribution in [0.3, 0.4) is 0 Å². The third-order valence-electron chi connectivity index (χ3n) is 5.48. The fraction of sp³-hybridized carbons (Fsp3) is 0.483. The summed E-state index contributed by atoms with van der Waals surface area (Å²) < 4.78 is 0. The van der Waals surface area contributed by atoms with Crippen LogP contribution < -0.4 is 10.6 Å². The van der Waals surface area contributed by atoms with Gasteiger partial charge in [-0.3, -0.25) is 0 Å². The molecule has 0 amide bonds. The Morgan fingerprint density at radius 1 is 0.818 bits per heavy atom. The van der Waals surface area contributed by atoms with Crippen molar-refractivity contribution in [1.82, 2.24) is 10.6 Å². The van der Waals surface area contributed by atoms with Crippen LogP contribution in [0.15, 0.2) is 76.9 Å². The average molecular weight is 469 g/mol. The largest absolute Gasteiger partial charge is 0.392 e. The van der Waals surface area contributed by atoms with E-state index in [0.717, 1.165) is 63.6 Å². The van der Waals surface area contributed by atoms with Gasteiger partial charge in [-0.05, 0) is 96.0 Å². The number of benzene rings is 1. The summed E-state index contributed by atoms with van der Waals surface area (Å²) in [6.45, 7) is 10.4. The van der Waals surface area contributed by atoms with E-state index in [2.05, 4.69) is 86.9 Å². The van der Waals surface area contributed by atoms with Crippen molar-refractivity contribution in [3.8, 4) is 0 Å². The third kappa shape index (κ3) is 16.1. The van der Waals surface area contributed by atoms with E-state index in [1.807, 2.05) is 6.07 Å². The molecule has 0 aliphatic heterocycles. The van der Waals surface area contributed by atoms with Crippen LogP contribution in [-0.2, 0) is 6.42 Å². The van der Waals surface area contributed by atoms with Crippen molar-refractivity contribution in [2.75, 3.05) is 19.7 Å². The lowest BCUT2D eigenvalue weighted by atomic mass is 10.0. The van der Waals surface area contributed by atoms with Crippen LogP contribution in [-0.4, -0.2) is 29.9 Å². The zero-order valence-corrected chi connectivity index (χ0v) is 21.9. The molecule has 182 valence electrons. The van der Waals surface area contributed by atoms with Gasteiger partial charge in [0.25, 0.3) is 0 Å². The molecule has 0 saturated heterocycles. The van der Waals surface area contributed by atoms with Gasteiger partial charge >= 0.3 is 0 Å². The SMILES string of the molecule is CC(C)=CCC/C(C)=C/CC/C(=C/CC/C(C)=C/CNC(=S)NCCc1ccccc1)CO. The van der Waals surface area contributed by atoms with Crippen molar-refractivity contribution >= 4 is 17.3 Å². The van der Waals surface area contributed by atoms with E-state index >= 15 is 0 Å². The number of hydrogen-bond acceptors (Lipinski definition) is 2. The molecule has 0 aromatic heterocycles. The second kappa shape index (κ2) is 18.3. The van der Waals surface area contributed by atoms with Crippen molar-refractivity contribution in [2.45, 2.75) is 72.6 Å². The number of thiocarbonyl (C=S) groups is 1. The van der Waals surface area contributed by atoms with E-state index in [1.165, 1.54) is 22.3 Å². The minimum absolute atomic E-state index is 0.151. The molecule has 1 rings (SSSR count). The van der Waals surface area contributed by atoms with Crippen LogP contribution in [0.5, 0.6) is 0 Å². The molecule has 0 bridgehead atoms. The van der Waals surface area contributed by atoms with Gasteiger partial charge in [-0.1, -0.05) is 71.4 Å². The lowest BCUT2D eigenvalue weighted by Crippen LogP contribution is -2.36. The highest BCUT2D eigenvalue weighted by Crippen LogP contribution is 2.13. The molecule has 0 heterocycles. The van der Waals surface area contributed by atoms with Gasteiger partial charge in [-0.2, -0.15) is 0 Å². The molecular formula is C29H44N2OS. The first-order chi connectivity index (χ1) is 15.9. The summed E-state index contributed by atoms with van der Waals surface area (Å²) in [5.41, 5.74) is 6.59. The maximum Gasteiger partial charge on any atom is 0.166 e. The fourth-order valence-corrected chi connectivity index (χ4v) is 3.58. The van der Waals surface area contributed by atoms with Crippen molar-refractivity contribution < 1.29 is 5.11 Å². The maximum atomic E-state index is 9.66. The van der Waals surface area contributed by atoms with Crippen molar-refractivity contribution in [3.05, 3.63) is 82.5 Å². The number of aliphatic hydroxyl groups is 1. The topological polar surface area (TPSA) is 44.3 Å². The van der Waals surface area contributed by atoms with E-state index < -0.39 is 0 Å². The third-order valence-corrected chi connectivity index (χ3v) is 5.77. The lowest BCUT2D eigenvalue weighted by Gasteiger charge is -2.09. The molecule has 0 saturated carbocycles. The molecular weight excluding hydrogens is 424 g/mol. The van der Waals surface area contributed by atoms with Crippen LogP contribution in [0, 0.1) is 0 Å². The molecule has 1 aromatic carbocycles. The Bertz CT molecular complexity index is 802. The molecule has 0 aliphatic rings. The minimum atomic E-state index is 0.151. The quantitative estimate of drug-likeness (QED) is 0.195. The summed E-state index contributed by atoms with van der Waals surface area (Å²) in [4.78, 5) is 0. The predicted molar refractivity (Wildman–Crippen MR) is 149 cm³/mol. The summed E-state index contributed by atoms with van der Waals surface area (Å²) in [6, 6.07) is 10.4. The number of allylic oxidation sites excluding steroid dienone is 6. The molecule has 1 aromatic rings. The molecule has 33 heavy (non-hydrogen) atoms. The highest BCUT2D eigenvalue weighted by atomic mass is 32.1. The molecule has 0 radical (unpaired) electrons. The molecule has 3 N–H and O–H groups in total. The highest BCUT2D eigenvalue weighted by Gasteiger charge is 1.98. The number of nitrogens with one attached hydrogen (secondary N) is 2. The predicted octanol–water partition coefficient (Wildman–Crippen LogP) is 6.81. The first kappa shape index (κ1) is 28.9. The number of aliphatic hydroxyl groups excluding tert-OH is 1. The maximum absolute atomic E-state index is 9.66. The summed E-state index contributed by atoms with van der Waals surface area (Å²) in [5.74, 6) is 0. The van der Waals surface area contributed by atoms with Gasteiger partial charge in [-0.25, -0.2) is 0 Å². The molecule has 4 heteroatoms. The van der Waals surface area contributed by atoms with Crippen LogP contribution >= 0.6 is 12.2 Å². The Labute approximate surface area is 207 Å². The van der Waals surface area contributed by atoms with E-state index in [1.54, 1.807) is 0 Å². The normalized spacial score (nSPS) is 12.5. The van der Waals surface area contributed by atoms with E-state index in [4.69, 9.17) is 12.2 Å². The summed E-state index contributed by atoms with van der Waals surface area (Å²) in [5, 5.41) is 16.9.